The highest BCUT2D eigenvalue weighted by Crippen LogP contribution is 2.43. The second kappa shape index (κ2) is 7.50. The van der Waals surface area contributed by atoms with Crippen molar-refractivity contribution in [3.05, 3.63) is 29.3 Å². The van der Waals surface area contributed by atoms with E-state index in [0.29, 0.717) is 6.42 Å². The number of anilines is 1. The fraction of sp³-hybridized carbons (Fsp3) is 0.500. The Hall–Kier alpha value is -1.64. The summed E-state index contributed by atoms with van der Waals surface area (Å²) in [4.78, 5) is 11.6. The van der Waals surface area contributed by atoms with Crippen molar-refractivity contribution in [1.29, 1.82) is 0 Å². The van der Waals surface area contributed by atoms with E-state index < -0.39 is 36.0 Å². The molecule has 0 fully saturated rings. The minimum Gasteiger partial charge on any atom is -0.348 e. The second-order valence-corrected chi connectivity index (χ2v) is 5.47. The number of hydrogen-bond donors (Lipinski definition) is 2. The van der Waals surface area contributed by atoms with Crippen LogP contribution in [0, 0.1) is 0 Å². The first-order valence-corrected chi connectivity index (χ1v) is 7.29. The number of rotatable bonds is 6. The van der Waals surface area contributed by atoms with Crippen molar-refractivity contribution in [2.75, 3.05) is 5.32 Å². The summed E-state index contributed by atoms with van der Waals surface area (Å²) in [6, 6.07) is 4.35. The van der Waals surface area contributed by atoms with E-state index in [1.165, 1.54) is 17.4 Å². The highest BCUT2D eigenvalue weighted by Gasteiger charge is 2.72. The zero-order valence-electron chi connectivity index (χ0n) is 12.5. The van der Waals surface area contributed by atoms with E-state index in [4.69, 9.17) is 11.6 Å². The van der Waals surface area contributed by atoms with E-state index in [9.17, 15) is 31.1 Å². The van der Waals surface area contributed by atoms with Gasteiger partial charge in [-0.3, -0.25) is 4.79 Å². The maximum atomic E-state index is 13.3. The Labute approximate surface area is 139 Å². The minimum absolute atomic E-state index is 0.0597. The lowest BCUT2D eigenvalue weighted by Gasteiger charge is -2.39. The van der Waals surface area contributed by atoms with Crippen LogP contribution < -0.4 is 10.6 Å². The molecule has 24 heavy (non-hydrogen) atoms. The third-order valence-electron chi connectivity index (χ3n) is 3.09. The van der Waals surface area contributed by atoms with Gasteiger partial charge in [0.25, 0.3) is 0 Å². The molecular formula is C14H15ClF6N2O. The number of hydrogen-bond acceptors (Lipinski definition) is 2. The first-order valence-electron chi connectivity index (χ1n) is 6.91. The molecule has 136 valence electrons. The Morgan fingerprint density at radius 1 is 1.12 bits per heavy atom. The molecule has 10 heteroatoms. The van der Waals surface area contributed by atoms with E-state index in [2.05, 4.69) is 0 Å². The molecule has 1 amide bonds. The molecule has 0 aliphatic heterocycles. The van der Waals surface area contributed by atoms with Gasteiger partial charge in [-0.1, -0.05) is 31.0 Å². The average molecular weight is 377 g/mol. The van der Waals surface area contributed by atoms with Gasteiger partial charge in [0.15, 0.2) is 0 Å². The quantitative estimate of drug-likeness (QED) is 0.549. The smallest absolute Gasteiger partial charge is 0.348 e. The summed E-state index contributed by atoms with van der Waals surface area (Å²) < 4.78 is 79.9. The molecule has 0 spiro atoms. The van der Waals surface area contributed by atoms with Crippen LogP contribution in [0.3, 0.4) is 0 Å². The number of nitrogens with one attached hydrogen (secondary N) is 2. The standard InChI is InChI=1S/C14H15ClF6N2O/c1-2-3-7-11(24)23-12(13(16,17)18,14(19,20)21)22-10-6-4-5-9(15)8-10/h4-6,8,22H,2-3,7H2,1H3,(H,23,24). The van der Waals surface area contributed by atoms with Crippen LogP contribution in [0.2, 0.25) is 5.02 Å². The Bertz CT molecular complexity index is 559. The van der Waals surface area contributed by atoms with Crippen LogP contribution in [-0.4, -0.2) is 23.9 Å². The van der Waals surface area contributed by atoms with Crippen molar-refractivity contribution in [2.24, 2.45) is 0 Å². The first-order chi connectivity index (χ1) is 10.9. The van der Waals surface area contributed by atoms with Crippen LogP contribution in [0.1, 0.15) is 26.2 Å². The highest BCUT2D eigenvalue weighted by atomic mass is 35.5. The fourth-order valence-electron chi connectivity index (χ4n) is 1.87. The van der Waals surface area contributed by atoms with Crippen LogP contribution in [0.4, 0.5) is 32.0 Å². The van der Waals surface area contributed by atoms with Crippen molar-refractivity contribution in [3.63, 3.8) is 0 Å². The van der Waals surface area contributed by atoms with Gasteiger partial charge in [-0.2, -0.15) is 26.3 Å². The van der Waals surface area contributed by atoms with Gasteiger partial charge in [-0.25, -0.2) is 0 Å². The molecule has 1 aromatic carbocycles. The van der Waals surface area contributed by atoms with Crippen LogP contribution in [0.25, 0.3) is 0 Å². The summed E-state index contributed by atoms with van der Waals surface area (Å²) in [5.74, 6) is -1.36. The van der Waals surface area contributed by atoms with E-state index in [1.54, 1.807) is 6.92 Å². The van der Waals surface area contributed by atoms with Gasteiger partial charge < -0.3 is 10.6 Å². The lowest BCUT2D eigenvalue weighted by Crippen LogP contribution is -2.72. The lowest BCUT2D eigenvalue weighted by molar-refractivity contribution is -0.295. The molecule has 0 saturated carbocycles. The molecule has 1 aromatic rings. The molecule has 0 atom stereocenters. The Morgan fingerprint density at radius 2 is 1.71 bits per heavy atom. The minimum atomic E-state index is -5.84. The topological polar surface area (TPSA) is 41.1 Å². The maximum absolute atomic E-state index is 13.3. The molecular weight excluding hydrogens is 362 g/mol. The summed E-state index contributed by atoms with van der Waals surface area (Å²) in [5, 5.41) is 2.36. The van der Waals surface area contributed by atoms with E-state index >= 15 is 0 Å². The van der Waals surface area contributed by atoms with Gasteiger partial charge in [0.05, 0.1) is 0 Å². The molecule has 1 rings (SSSR count). The molecule has 0 aliphatic carbocycles. The molecule has 2 N–H and O–H groups in total. The lowest BCUT2D eigenvalue weighted by atomic mass is 10.1. The molecule has 0 aromatic heterocycles. The zero-order chi connectivity index (χ0) is 18.6. The predicted octanol–water partition coefficient (Wildman–Crippen LogP) is 4.88. The SMILES string of the molecule is CCCCC(=O)NC(Nc1cccc(Cl)c1)(C(F)(F)F)C(F)(F)F. The number of alkyl halides is 6. The molecule has 0 heterocycles. The van der Waals surface area contributed by atoms with Crippen LogP contribution in [0.5, 0.6) is 0 Å². The van der Waals surface area contributed by atoms with Gasteiger partial charge in [-0.05, 0) is 24.6 Å². The second-order valence-electron chi connectivity index (χ2n) is 5.03. The third-order valence-corrected chi connectivity index (χ3v) is 3.33. The molecule has 0 radical (unpaired) electrons. The molecule has 0 bridgehead atoms. The molecule has 0 aliphatic rings. The third kappa shape index (κ3) is 4.68. The maximum Gasteiger partial charge on any atom is 0.439 e. The summed E-state index contributed by atoms with van der Waals surface area (Å²) in [5.41, 5.74) is -5.15. The van der Waals surface area contributed by atoms with Crippen LogP contribution in [0.15, 0.2) is 24.3 Å². The van der Waals surface area contributed by atoms with E-state index in [0.717, 1.165) is 17.4 Å². The number of halogens is 7. The number of benzene rings is 1. The van der Waals surface area contributed by atoms with Gasteiger partial charge >= 0.3 is 18.0 Å². The highest BCUT2D eigenvalue weighted by molar-refractivity contribution is 6.30. The first kappa shape index (κ1) is 20.4. The summed E-state index contributed by atoms with van der Waals surface area (Å²) >= 11 is 5.59. The molecule has 0 unspecified atom stereocenters. The van der Waals surface area contributed by atoms with Crippen molar-refractivity contribution in [2.45, 2.75) is 44.2 Å². The number of carbonyl (C=O) groups excluding carboxylic acids is 1. The van der Waals surface area contributed by atoms with Gasteiger partial charge in [-0.15, -0.1) is 0 Å². The Morgan fingerprint density at radius 3 is 2.17 bits per heavy atom. The van der Waals surface area contributed by atoms with Crippen LogP contribution >= 0.6 is 11.6 Å². The van der Waals surface area contributed by atoms with Gasteiger partial charge in [0.1, 0.15) is 0 Å². The number of unbranched alkanes of at least 4 members (excludes halogenated alkanes) is 1. The number of carbonyl (C=O) groups is 1. The van der Waals surface area contributed by atoms with Crippen molar-refractivity contribution in [1.82, 2.24) is 5.32 Å². The summed E-state index contributed by atoms with van der Waals surface area (Å²) in [6.45, 7) is 1.65. The zero-order valence-corrected chi connectivity index (χ0v) is 13.2. The summed E-state index contributed by atoms with van der Waals surface area (Å²) in [7, 11) is 0. The Balaban J connectivity index is 3.29. The van der Waals surface area contributed by atoms with Gasteiger partial charge in [0.2, 0.25) is 5.91 Å². The predicted molar refractivity (Wildman–Crippen MR) is 77.6 cm³/mol. The largest absolute Gasteiger partial charge is 0.439 e. The van der Waals surface area contributed by atoms with E-state index in [1.807, 2.05) is 0 Å². The fourth-order valence-corrected chi connectivity index (χ4v) is 2.06. The Kier molecular flexibility index (Phi) is 6.38. The molecule has 3 nitrogen and oxygen atoms in total. The average Bonchev–Trinajstić information content (AvgIpc) is 2.42. The van der Waals surface area contributed by atoms with Crippen molar-refractivity contribution in [3.8, 4) is 0 Å². The molecule has 0 saturated heterocycles. The van der Waals surface area contributed by atoms with Crippen LogP contribution in [-0.2, 0) is 4.79 Å². The van der Waals surface area contributed by atoms with E-state index in [-0.39, 0.29) is 11.4 Å². The summed E-state index contributed by atoms with van der Waals surface area (Å²) in [6.07, 6.45) is -11.5. The van der Waals surface area contributed by atoms with Gasteiger partial charge in [0, 0.05) is 17.1 Å². The normalized spacial score (nSPS) is 12.8. The van der Waals surface area contributed by atoms with Crippen molar-refractivity contribution < 1.29 is 31.1 Å². The number of amides is 1. The monoisotopic (exact) mass is 376 g/mol. The van der Waals surface area contributed by atoms with Crippen molar-refractivity contribution >= 4 is 23.2 Å².